The molecule has 19 heavy (non-hydrogen) atoms. The molecule has 0 bridgehead atoms. The van der Waals surface area contributed by atoms with Crippen LogP contribution in [0.3, 0.4) is 0 Å². The fraction of sp³-hybridized carbons (Fsp3) is 0.400. The van der Waals surface area contributed by atoms with Crippen molar-refractivity contribution >= 4 is 33.4 Å². The molecule has 2 rings (SSSR count). The molecule has 102 valence electrons. The highest BCUT2D eigenvalue weighted by molar-refractivity contribution is 9.10. The molecule has 1 N–H and O–H groups in total. The molecule has 0 aliphatic heterocycles. The van der Waals surface area contributed by atoms with Crippen molar-refractivity contribution in [2.45, 2.75) is 32.1 Å². The van der Waals surface area contributed by atoms with E-state index < -0.39 is 0 Å². The van der Waals surface area contributed by atoms with Gasteiger partial charge in [-0.3, -0.25) is 4.79 Å². The lowest BCUT2D eigenvalue weighted by Crippen LogP contribution is -2.24. The second-order valence-electron chi connectivity index (χ2n) is 4.74. The quantitative estimate of drug-likeness (QED) is 0.788. The average Bonchev–Trinajstić information content (AvgIpc) is 2.43. The van der Waals surface area contributed by atoms with Crippen LogP contribution >= 0.6 is 27.5 Å². The molecule has 0 radical (unpaired) electrons. The Morgan fingerprint density at radius 1 is 1.37 bits per heavy atom. The van der Waals surface area contributed by atoms with Gasteiger partial charge in [0, 0.05) is 16.6 Å². The molecular formula is C15H17BrClNO. The minimum Gasteiger partial charge on any atom is -0.352 e. The predicted octanol–water partition coefficient (Wildman–Crippen LogP) is 4.72. The maximum Gasteiger partial charge on any atom is 0.251 e. The number of carbonyl (C=O) groups excluding carboxylic acids is 1. The van der Waals surface area contributed by atoms with E-state index in [1.54, 1.807) is 18.2 Å². The fourth-order valence-electron chi connectivity index (χ4n) is 2.21. The van der Waals surface area contributed by atoms with Crippen molar-refractivity contribution in [3.05, 3.63) is 44.9 Å². The fourth-order valence-corrected chi connectivity index (χ4v) is 2.63. The van der Waals surface area contributed by atoms with E-state index in [0.29, 0.717) is 17.1 Å². The van der Waals surface area contributed by atoms with E-state index in [4.69, 9.17) is 11.6 Å². The van der Waals surface area contributed by atoms with Gasteiger partial charge in [0.1, 0.15) is 0 Å². The van der Waals surface area contributed by atoms with Crippen molar-refractivity contribution in [1.82, 2.24) is 5.32 Å². The number of benzene rings is 1. The summed E-state index contributed by atoms with van der Waals surface area (Å²) in [5.74, 6) is -0.0641. The summed E-state index contributed by atoms with van der Waals surface area (Å²) < 4.78 is 0.804. The third-order valence-electron chi connectivity index (χ3n) is 3.30. The molecular weight excluding hydrogens is 326 g/mol. The molecule has 4 heteroatoms. The Morgan fingerprint density at radius 3 is 2.89 bits per heavy atom. The summed E-state index contributed by atoms with van der Waals surface area (Å²) in [6.07, 6.45) is 8.21. The molecule has 0 saturated heterocycles. The summed E-state index contributed by atoms with van der Waals surface area (Å²) in [5, 5.41) is 3.50. The first-order valence-corrected chi connectivity index (χ1v) is 7.75. The Hall–Kier alpha value is -0.800. The molecule has 0 saturated carbocycles. The van der Waals surface area contributed by atoms with Crippen LogP contribution in [0.1, 0.15) is 42.5 Å². The summed E-state index contributed by atoms with van der Waals surface area (Å²) >= 11 is 9.29. The zero-order valence-electron chi connectivity index (χ0n) is 10.7. The summed E-state index contributed by atoms with van der Waals surface area (Å²) in [6, 6.07) is 5.24. The maximum atomic E-state index is 11.9. The van der Waals surface area contributed by atoms with Crippen LogP contribution in [-0.2, 0) is 0 Å². The van der Waals surface area contributed by atoms with Gasteiger partial charge in [-0.05, 0) is 66.2 Å². The van der Waals surface area contributed by atoms with Crippen LogP contribution in [0.5, 0.6) is 0 Å². The molecule has 0 atom stereocenters. The Bertz CT molecular complexity index is 499. The molecule has 0 fully saturated rings. The van der Waals surface area contributed by atoms with E-state index >= 15 is 0 Å². The molecule has 1 aliphatic carbocycles. The number of amides is 1. The Morgan fingerprint density at radius 2 is 2.21 bits per heavy atom. The van der Waals surface area contributed by atoms with Crippen LogP contribution in [-0.4, -0.2) is 12.5 Å². The first-order valence-electron chi connectivity index (χ1n) is 6.58. The van der Waals surface area contributed by atoms with E-state index in [1.165, 1.54) is 31.3 Å². The van der Waals surface area contributed by atoms with Crippen LogP contribution in [0.15, 0.2) is 34.3 Å². The maximum absolute atomic E-state index is 11.9. The minimum atomic E-state index is -0.0641. The van der Waals surface area contributed by atoms with Gasteiger partial charge in [0.15, 0.2) is 0 Å². The number of nitrogens with one attached hydrogen (secondary N) is 1. The SMILES string of the molecule is O=C(NCCC1=CCCCC1)c1ccc(Br)c(Cl)c1. The van der Waals surface area contributed by atoms with Crippen molar-refractivity contribution in [1.29, 1.82) is 0 Å². The number of rotatable bonds is 4. The highest BCUT2D eigenvalue weighted by Gasteiger charge is 2.08. The van der Waals surface area contributed by atoms with Gasteiger partial charge in [-0.1, -0.05) is 23.3 Å². The summed E-state index contributed by atoms with van der Waals surface area (Å²) in [6.45, 7) is 0.693. The first kappa shape index (κ1) is 14.6. The lowest BCUT2D eigenvalue weighted by atomic mass is 9.97. The van der Waals surface area contributed by atoms with Gasteiger partial charge < -0.3 is 5.32 Å². The monoisotopic (exact) mass is 341 g/mol. The molecule has 2 nitrogen and oxygen atoms in total. The van der Waals surface area contributed by atoms with Crippen LogP contribution in [0.2, 0.25) is 5.02 Å². The number of hydrogen-bond donors (Lipinski definition) is 1. The van der Waals surface area contributed by atoms with Gasteiger partial charge in [-0.2, -0.15) is 0 Å². The normalized spacial score (nSPS) is 14.9. The molecule has 0 spiro atoms. The van der Waals surface area contributed by atoms with Crippen LogP contribution in [0, 0.1) is 0 Å². The van der Waals surface area contributed by atoms with Gasteiger partial charge >= 0.3 is 0 Å². The molecule has 0 unspecified atom stereocenters. The van der Waals surface area contributed by atoms with Gasteiger partial charge in [-0.15, -0.1) is 0 Å². The summed E-state index contributed by atoms with van der Waals surface area (Å²) in [4.78, 5) is 11.9. The molecule has 1 aromatic rings. The smallest absolute Gasteiger partial charge is 0.251 e. The largest absolute Gasteiger partial charge is 0.352 e. The van der Waals surface area contributed by atoms with Crippen molar-refractivity contribution in [2.24, 2.45) is 0 Å². The highest BCUT2D eigenvalue weighted by atomic mass is 79.9. The average molecular weight is 343 g/mol. The standard InChI is InChI=1S/C15H17BrClNO/c16-13-7-6-12(10-14(13)17)15(19)18-9-8-11-4-2-1-3-5-11/h4,6-7,10H,1-3,5,8-9H2,(H,18,19). The molecule has 1 aliphatic rings. The topological polar surface area (TPSA) is 29.1 Å². The Kier molecular flexibility index (Phi) is 5.46. The van der Waals surface area contributed by atoms with E-state index in [2.05, 4.69) is 27.3 Å². The molecule has 0 aromatic heterocycles. The third-order valence-corrected chi connectivity index (χ3v) is 4.53. The third kappa shape index (κ3) is 4.36. The molecule has 0 heterocycles. The van der Waals surface area contributed by atoms with Gasteiger partial charge in [-0.25, -0.2) is 0 Å². The second kappa shape index (κ2) is 7.11. The lowest BCUT2D eigenvalue weighted by molar-refractivity contribution is 0.0954. The lowest BCUT2D eigenvalue weighted by Gasteiger charge is -2.13. The zero-order valence-corrected chi connectivity index (χ0v) is 13.1. The summed E-state index contributed by atoms with van der Waals surface area (Å²) in [7, 11) is 0. The van der Waals surface area contributed by atoms with Crippen LogP contribution in [0.4, 0.5) is 0 Å². The number of allylic oxidation sites excluding steroid dienone is 1. The van der Waals surface area contributed by atoms with E-state index in [1.807, 2.05) is 0 Å². The minimum absolute atomic E-state index is 0.0641. The van der Waals surface area contributed by atoms with E-state index in [0.717, 1.165) is 10.9 Å². The molecule has 1 aromatic carbocycles. The van der Waals surface area contributed by atoms with Crippen molar-refractivity contribution < 1.29 is 4.79 Å². The number of halogens is 2. The molecule has 1 amide bonds. The number of carbonyl (C=O) groups is 1. The Labute approximate surface area is 127 Å². The number of hydrogen-bond acceptors (Lipinski definition) is 1. The van der Waals surface area contributed by atoms with Crippen LogP contribution in [0.25, 0.3) is 0 Å². The predicted molar refractivity (Wildman–Crippen MR) is 82.7 cm³/mol. The van der Waals surface area contributed by atoms with E-state index in [-0.39, 0.29) is 5.91 Å². The highest BCUT2D eigenvalue weighted by Crippen LogP contribution is 2.23. The summed E-state index contributed by atoms with van der Waals surface area (Å²) in [5.41, 5.74) is 2.08. The van der Waals surface area contributed by atoms with Crippen molar-refractivity contribution in [2.75, 3.05) is 6.54 Å². The van der Waals surface area contributed by atoms with Crippen LogP contribution < -0.4 is 5.32 Å². The first-order chi connectivity index (χ1) is 9.16. The van der Waals surface area contributed by atoms with Gasteiger partial charge in [0.2, 0.25) is 0 Å². The zero-order chi connectivity index (χ0) is 13.7. The van der Waals surface area contributed by atoms with Crippen molar-refractivity contribution in [3.8, 4) is 0 Å². The van der Waals surface area contributed by atoms with E-state index in [9.17, 15) is 4.79 Å². The van der Waals surface area contributed by atoms with Gasteiger partial charge in [0.05, 0.1) is 5.02 Å². The Balaban J connectivity index is 1.83. The second-order valence-corrected chi connectivity index (χ2v) is 6.00. The van der Waals surface area contributed by atoms with Crippen molar-refractivity contribution in [3.63, 3.8) is 0 Å². The van der Waals surface area contributed by atoms with Gasteiger partial charge in [0.25, 0.3) is 5.91 Å².